The Morgan fingerprint density at radius 3 is 1.09 bits per heavy atom. The fourth-order valence-electron chi connectivity index (χ4n) is 0.515. The molecule has 0 heterocycles. The van der Waals surface area contributed by atoms with Gasteiger partial charge in [0.1, 0.15) is 13.2 Å². The van der Waals surface area contributed by atoms with E-state index in [-0.39, 0.29) is 39.6 Å². The van der Waals surface area contributed by atoms with Crippen molar-refractivity contribution in [3.63, 3.8) is 0 Å². The monoisotopic (exact) mass is 322 g/mol. The van der Waals surface area contributed by atoms with Crippen LogP contribution in [0.25, 0.3) is 0 Å². The van der Waals surface area contributed by atoms with Crippen molar-refractivity contribution in [2.75, 3.05) is 39.6 Å². The van der Waals surface area contributed by atoms with Gasteiger partial charge in [0.25, 0.3) is 0 Å². The Balaban J connectivity index is -0.000000372. The molecule has 22 heavy (non-hydrogen) atoms. The van der Waals surface area contributed by atoms with Gasteiger partial charge in [0, 0.05) is 11.1 Å². The van der Waals surface area contributed by atoms with Crippen LogP contribution in [0.5, 0.6) is 0 Å². The lowest BCUT2D eigenvalue weighted by Gasteiger charge is -2.05. The van der Waals surface area contributed by atoms with Gasteiger partial charge >= 0.3 is 11.9 Å². The minimum atomic E-state index is -0.489. The minimum absolute atomic E-state index is 0.0325. The normalized spacial score (nSPS) is 8.45. The molecule has 0 aromatic carbocycles. The van der Waals surface area contributed by atoms with Gasteiger partial charge in [-0.2, -0.15) is 0 Å². The number of esters is 2. The Labute approximate surface area is 130 Å². The molecule has 0 rings (SSSR count). The summed E-state index contributed by atoms with van der Waals surface area (Å²) in [6, 6.07) is 0. The standard InChI is InChI=1S/C10H14O4.2C2H6O2/c1-7(2)9(11)13-5-6-14-10(12)8(3)4;2*3-1-2-4/h1,3,5-6H2,2,4H3;2*3-4H,1-2H2. The molecule has 4 N–H and O–H groups in total. The summed E-state index contributed by atoms with van der Waals surface area (Å²) in [4.78, 5) is 21.7. The van der Waals surface area contributed by atoms with Crippen molar-refractivity contribution in [3.05, 3.63) is 24.3 Å². The van der Waals surface area contributed by atoms with E-state index >= 15 is 0 Å². The van der Waals surface area contributed by atoms with Crippen molar-refractivity contribution in [1.29, 1.82) is 0 Å². The van der Waals surface area contributed by atoms with Gasteiger partial charge in [0.05, 0.1) is 26.4 Å². The van der Waals surface area contributed by atoms with Gasteiger partial charge in [-0.1, -0.05) is 13.2 Å². The number of ether oxygens (including phenoxy) is 2. The number of hydrogen-bond acceptors (Lipinski definition) is 8. The molecule has 0 bridgehead atoms. The van der Waals surface area contributed by atoms with Gasteiger partial charge in [-0.25, -0.2) is 9.59 Å². The van der Waals surface area contributed by atoms with Crippen LogP contribution in [0.3, 0.4) is 0 Å². The van der Waals surface area contributed by atoms with E-state index in [1.165, 1.54) is 0 Å². The highest BCUT2D eigenvalue weighted by Gasteiger charge is 2.05. The fraction of sp³-hybridized carbons (Fsp3) is 0.571. The second kappa shape index (κ2) is 19.3. The molecule has 0 saturated heterocycles. The van der Waals surface area contributed by atoms with Crippen LogP contribution >= 0.6 is 0 Å². The first kappa shape index (κ1) is 25.2. The summed E-state index contributed by atoms with van der Waals surface area (Å²) in [5.41, 5.74) is 0.632. The second-order valence-electron chi connectivity index (χ2n) is 3.73. The highest BCUT2D eigenvalue weighted by atomic mass is 16.6. The average Bonchev–Trinajstić information content (AvgIpc) is 2.51. The van der Waals surface area contributed by atoms with Crippen LogP contribution in [0.1, 0.15) is 13.8 Å². The predicted octanol–water partition coefficient (Wildman–Crippen LogP) is -0.833. The highest BCUT2D eigenvalue weighted by Crippen LogP contribution is 1.94. The van der Waals surface area contributed by atoms with Gasteiger partial charge in [-0.05, 0) is 13.8 Å². The molecule has 0 radical (unpaired) electrons. The first-order valence-electron chi connectivity index (χ1n) is 6.37. The summed E-state index contributed by atoms with van der Waals surface area (Å²) in [5, 5.41) is 30.5. The van der Waals surface area contributed by atoms with Crippen LogP contribution in [0.2, 0.25) is 0 Å². The summed E-state index contributed by atoms with van der Waals surface area (Å²) in [5.74, 6) is -0.979. The van der Waals surface area contributed by atoms with Crippen LogP contribution in [0, 0.1) is 0 Å². The third-order valence-corrected chi connectivity index (χ3v) is 1.45. The third kappa shape index (κ3) is 23.4. The Hall–Kier alpha value is -1.74. The van der Waals surface area contributed by atoms with Crippen molar-refractivity contribution < 1.29 is 39.5 Å². The number of aliphatic hydroxyl groups excluding tert-OH is 4. The van der Waals surface area contributed by atoms with Crippen LogP contribution < -0.4 is 0 Å². The van der Waals surface area contributed by atoms with Crippen LogP contribution in [-0.4, -0.2) is 72.0 Å². The molecule has 0 aliphatic carbocycles. The second-order valence-corrected chi connectivity index (χ2v) is 3.73. The molecule has 0 amide bonds. The first-order chi connectivity index (χ1) is 10.3. The van der Waals surface area contributed by atoms with E-state index < -0.39 is 11.9 Å². The molecule has 0 aliphatic heterocycles. The molecule has 0 aromatic heterocycles. The highest BCUT2D eigenvalue weighted by molar-refractivity contribution is 5.87. The van der Waals surface area contributed by atoms with Gasteiger partial charge in [0.2, 0.25) is 0 Å². The lowest BCUT2D eigenvalue weighted by molar-refractivity contribution is -0.147. The SMILES string of the molecule is C=C(C)C(=O)OCCOC(=O)C(=C)C.OCCO.OCCO. The molecule has 0 atom stereocenters. The van der Waals surface area contributed by atoms with E-state index in [1.54, 1.807) is 13.8 Å². The summed E-state index contributed by atoms with van der Waals surface area (Å²) >= 11 is 0. The molecule has 8 heteroatoms. The maximum Gasteiger partial charge on any atom is 0.333 e. The maximum absolute atomic E-state index is 10.8. The number of carbonyl (C=O) groups is 2. The molecule has 8 nitrogen and oxygen atoms in total. The van der Waals surface area contributed by atoms with E-state index in [4.69, 9.17) is 20.4 Å². The average molecular weight is 322 g/mol. The topological polar surface area (TPSA) is 134 Å². The molecule has 0 spiro atoms. The van der Waals surface area contributed by atoms with Crippen molar-refractivity contribution in [2.24, 2.45) is 0 Å². The number of aliphatic hydroxyl groups is 4. The predicted molar refractivity (Wildman–Crippen MR) is 79.9 cm³/mol. The Morgan fingerprint density at radius 2 is 0.955 bits per heavy atom. The van der Waals surface area contributed by atoms with Crippen molar-refractivity contribution in [1.82, 2.24) is 0 Å². The van der Waals surface area contributed by atoms with Crippen LogP contribution in [0.4, 0.5) is 0 Å². The van der Waals surface area contributed by atoms with Crippen LogP contribution in [-0.2, 0) is 19.1 Å². The molecule has 0 fully saturated rings. The largest absolute Gasteiger partial charge is 0.459 e. The van der Waals surface area contributed by atoms with Crippen molar-refractivity contribution in [3.8, 4) is 0 Å². The van der Waals surface area contributed by atoms with Gasteiger partial charge in [0.15, 0.2) is 0 Å². The maximum atomic E-state index is 10.8. The number of hydrogen-bond donors (Lipinski definition) is 4. The number of carbonyl (C=O) groups excluding carboxylic acids is 2. The summed E-state index contributed by atoms with van der Waals surface area (Å²) in [6.45, 7) is 9.45. The van der Waals surface area contributed by atoms with E-state index in [1.807, 2.05) is 0 Å². The summed E-state index contributed by atoms with van der Waals surface area (Å²) in [6.07, 6.45) is 0. The van der Waals surface area contributed by atoms with Crippen LogP contribution in [0.15, 0.2) is 24.3 Å². The van der Waals surface area contributed by atoms with E-state index in [2.05, 4.69) is 22.6 Å². The quantitative estimate of drug-likeness (QED) is 0.271. The molecule has 0 aliphatic rings. The third-order valence-electron chi connectivity index (χ3n) is 1.45. The van der Waals surface area contributed by atoms with Gasteiger partial charge in [-0.3, -0.25) is 0 Å². The zero-order chi connectivity index (χ0) is 18.0. The molecule has 0 unspecified atom stereocenters. The Bertz CT molecular complexity index is 289. The molecule has 0 aromatic rings. The molecule has 130 valence electrons. The zero-order valence-electron chi connectivity index (χ0n) is 13.1. The van der Waals surface area contributed by atoms with Gasteiger partial charge < -0.3 is 29.9 Å². The van der Waals surface area contributed by atoms with E-state index in [0.717, 1.165) is 0 Å². The fourth-order valence-corrected chi connectivity index (χ4v) is 0.515. The Morgan fingerprint density at radius 1 is 0.727 bits per heavy atom. The zero-order valence-corrected chi connectivity index (χ0v) is 13.1. The van der Waals surface area contributed by atoms with E-state index in [0.29, 0.717) is 11.1 Å². The molecular formula is C14H26O8. The number of rotatable bonds is 7. The van der Waals surface area contributed by atoms with E-state index in [9.17, 15) is 9.59 Å². The Kier molecular flexibility index (Phi) is 22.1. The molecular weight excluding hydrogens is 296 g/mol. The summed E-state index contributed by atoms with van der Waals surface area (Å²) < 4.78 is 9.38. The van der Waals surface area contributed by atoms with Crippen molar-refractivity contribution >= 4 is 11.9 Å². The van der Waals surface area contributed by atoms with Gasteiger partial charge in [-0.15, -0.1) is 0 Å². The lowest BCUT2D eigenvalue weighted by atomic mass is 10.4. The lowest BCUT2D eigenvalue weighted by Crippen LogP contribution is -2.14. The molecule has 0 saturated carbocycles. The smallest absolute Gasteiger partial charge is 0.333 e. The summed E-state index contributed by atoms with van der Waals surface area (Å²) in [7, 11) is 0. The first-order valence-corrected chi connectivity index (χ1v) is 6.37. The minimum Gasteiger partial charge on any atom is -0.459 e. The van der Waals surface area contributed by atoms with Crippen molar-refractivity contribution in [2.45, 2.75) is 13.8 Å².